The average molecular weight is 442 g/mol. The van der Waals surface area contributed by atoms with Crippen LogP contribution in [0.5, 0.6) is 0 Å². The van der Waals surface area contributed by atoms with Crippen LogP contribution in [0.4, 0.5) is 10.1 Å². The molecule has 0 radical (unpaired) electrons. The molecule has 3 aromatic carbocycles. The Morgan fingerprint density at radius 2 is 1.55 bits per heavy atom. The van der Waals surface area contributed by atoms with Gasteiger partial charge in [-0.2, -0.15) is 0 Å². The minimum atomic E-state index is -3.85. The summed E-state index contributed by atoms with van der Waals surface area (Å²) in [6.45, 7) is 0.425. The number of nitrogens with zero attached hydrogens (tertiary/aromatic N) is 1. The first kappa shape index (κ1) is 22.5. The van der Waals surface area contributed by atoms with Crippen molar-refractivity contribution in [1.29, 1.82) is 0 Å². The van der Waals surface area contributed by atoms with Gasteiger partial charge in [0.25, 0.3) is 15.9 Å². The molecule has 3 aromatic rings. The molecule has 3 rings (SSSR count). The molecule has 8 heteroatoms. The number of benzene rings is 3. The van der Waals surface area contributed by atoms with E-state index in [1.807, 2.05) is 49.3 Å². The number of nitrogens with one attached hydrogen (secondary N) is 2. The van der Waals surface area contributed by atoms with Crippen molar-refractivity contribution in [2.45, 2.75) is 10.9 Å². The smallest absolute Gasteiger partial charge is 0.261 e. The normalized spacial score (nSPS) is 12.4. The van der Waals surface area contributed by atoms with Gasteiger partial charge >= 0.3 is 0 Å². The highest BCUT2D eigenvalue weighted by Crippen LogP contribution is 2.19. The number of hydrogen-bond acceptors (Lipinski definition) is 4. The monoisotopic (exact) mass is 441 g/mol. The van der Waals surface area contributed by atoms with Crippen LogP contribution in [0, 0.1) is 5.82 Å². The Labute approximate surface area is 181 Å². The molecule has 162 valence electrons. The van der Waals surface area contributed by atoms with E-state index in [-0.39, 0.29) is 16.8 Å². The summed E-state index contributed by atoms with van der Waals surface area (Å²) >= 11 is 0. The van der Waals surface area contributed by atoms with Crippen molar-refractivity contribution in [3.05, 3.63) is 95.8 Å². The zero-order chi connectivity index (χ0) is 22.4. The van der Waals surface area contributed by atoms with E-state index >= 15 is 0 Å². The van der Waals surface area contributed by atoms with Gasteiger partial charge in [-0.1, -0.05) is 30.3 Å². The van der Waals surface area contributed by atoms with Crippen LogP contribution in [0.1, 0.15) is 22.0 Å². The summed E-state index contributed by atoms with van der Waals surface area (Å²) in [6, 6.07) is 20.6. The Morgan fingerprint density at radius 3 is 2.13 bits per heavy atom. The number of carbonyl (C=O) groups is 1. The van der Waals surface area contributed by atoms with Gasteiger partial charge in [-0.3, -0.25) is 9.52 Å². The number of anilines is 1. The number of sulfonamides is 1. The van der Waals surface area contributed by atoms with Gasteiger partial charge in [-0.25, -0.2) is 12.8 Å². The molecule has 0 spiro atoms. The van der Waals surface area contributed by atoms with Crippen LogP contribution < -0.4 is 10.0 Å². The maximum Gasteiger partial charge on any atom is 0.261 e. The van der Waals surface area contributed by atoms with Crippen LogP contribution in [0.3, 0.4) is 0 Å². The van der Waals surface area contributed by atoms with Crippen molar-refractivity contribution < 1.29 is 17.6 Å². The van der Waals surface area contributed by atoms with Crippen LogP contribution >= 0.6 is 0 Å². The number of amides is 1. The molecule has 0 aliphatic carbocycles. The lowest BCUT2D eigenvalue weighted by atomic mass is 10.1. The molecule has 0 aliphatic heterocycles. The number of halogens is 1. The molecule has 0 saturated carbocycles. The average Bonchev–Trinajstić information content (AvgIpc) is 2.75. The first-order chi connectivity index (χ1) is 14.8. The standard InChI is InChI=1S/C23H24FN3O3S/c1-27(2)22(17-6-4-3-5-7-17)16-25-23(28)18-8-12-20(13-9-18)26-31(29,30)21-14-10-19(24)11-15-21/h3-15,22,26H,16H2,1-2H3,(H,25,28). The van der Waals surface area contributed by atoms with Gasteiger partial charge in [0.1, 0.15) is 5.82 Å². The fourth-order valence-electron chi connectivity index (χ4n) is 3.08. The Hall–Kier alpha value is -3.23. The maximum absolute atomic E-state index is 13.0. The lowest BCUT2D eigenvalue weighted by molar-refractivity contribution is 0.0942. The van der Waals surface area contributed by atoms with Crippen LogP contribution in [0.15, 0.2) is 83.8 Å². The topological polar surface area (TPSA) is 78.5 Å². The summed E-state index contributed by atoms with van der Waals surface area (Å²) in [5.41, 5.74) is 1.81. The van der Waals surface area contributed by atoms with Crippen molar-refractivity contribution in [2.75, 3.05) is 25.4 Å². The zero-order valence-electron chi connectivity index (χ0n) is 17.2. The predicted octanol–water partition coefficient (Wildman–Crippen LogP) is 3.66. The molecule has 1 unspecified atom stereocenters. The fourth-order valence-corrected chi connectivity index (χ4v) is 4.14. The van der Waals surface area contributed by atoms with Crippen LogP contribution in [-0.4, -0.2) is 39.9 Å². The van der Waals surface area contributed by atoms with Crippen molar-refractivity contribution in [2.24, 2.45) is 0 Å². The molecule has 0 saturated heterocycles. The summed E-state index contributed by atoms with van der Waals surface area (Å²) in [4.78, 5) is 14.5. The summed E-state index contributed by atoms with van der Waals surface area (Å²) < 4.78 is 40.2. The van der Waals surface area contributed by atoms with Gasteiger partial charge in [0.15, 0.2) is 0 Å². The van der Waals surface area contributed by atoms with E-state index in [4.69, 9.17) is 0 Å². The quantitative estimate of drug-likeness (QED) is 0.559. The fraction of sp³-hybridized carbons (Fsp3) is 0.174. The first-order valence-electron chi connectivity index (χ1n) is 9.64. The highest BCUT2D eigenvalue weighted by molar-refractivity contribution is 7.92. The van der Waals surface area contributed by atoms with Crippen molar-refractivity contribution in [3.8, 4) is 0 Å². The van der Waals surface area contributed by atoms with E-state index < -0.39 is 15.8 Å². The third kappa shape index (κ3) is 5.90. The lowest BCUT2D eigenvalue weighted by Gasteiger charge is -2.25. The summed E-state index contributed by atoms with van der Waals surface area (Å²) in [7, 11) is 0.0529. The number of likely N-dealkylation sites (N-methyl/N-ethyl adjacent to an activating group) is 1. The second-order valence-corrected chi connectivity index (χ2v) is 8.92. The van der Waals surface area contributed by atoms with Crippen LogP contribution in [0.25, 0.3) is 0 Å². The third-order valence-electron chi connectivity index (χ3n) is 4.79. The van der Waals surface area contributed by atoms with Crippen LogP contribution in [-0.2, 0) is 10.0 Å². The van der Waals surface area contributed by atoms with E-state index in [0.717, 1.165) is 17.7 Å². The Balaban J connectivity index is 1.64. The molecule has 6 nitrogen and oxygen atoms in total. The molecule has 0 fully saturated rings. The SMILES string of the molecule is CN(C)C(CNC(=O)c1ccc(NS(=O)(=O)c2ccc(F)cc2)cc1)c1ccccc1. The van der Waals surface area contributed by atoms with E-state index in [9.17, 15) is 17.6 Å². The second kappa shape index (κ2) is 9.72. The highest BCUT2D eigenvalue weighted by Gasteiger charge is 2.17. The molecule has 2 N–H and O–H groups in total. The van der Waals surface area contributed by atoms with Gasteiger partial charge in [0, 0.05) is 17.8 Å². The molecule has 0 aliphatic rings. The first-order valence-corrected chi connectivity index (χ1v) is 11.1. The summed E-state index contributed by atoms with van der Waals surface area (Å²) in [5, 5.41) is 2.92. The molecule has 1 atom stereocenters. The predicted molar refractivity (Wildman–Crippen MR) is 119 cm³/mol. The molecule has 0 aromatic heterocycles. The van der Waals surface area contributed by atoms with Gasteiger partial charge in [0.2, 0.25) is 0 Å². The molecule has 31 heavy (non-hydrogen) atoms. The molecular formula is C23H24FN3O3S. The van der Waals surface area contributed by atoms with E-state index in [0.29, 0.717) is 17.8 Å². The third-order valence-corrected chi connectivity index (χ3v) is 6.18. The van der Waals surface area contributed by atoms with Gasteiger partial charge in [-0.15, -0.1) is 0 Å². The summed E-state index contributed by atoms with van der Waals surface area (Å²) in [5.74, 6) is -0.770. The Morgan fingerprint density at radius 1 is 0.935 bits per heavy atom. The largest absolute Gasteiger partial charge is 0.350 e. The Bertz CT molecular complexity index is 1120. The Kier molecular flexibility index (Phi) is 7.04. The van der Waals surface area contributed by atoms with Crippen molar-refractivity contribution >= 4 is 21.6 Å². The van der Waals surface area contributed by atoms with Crippen LogP contribution in [0.2, 0.25) is 0 Å². The number of hydrogen-bond donors (Lipinski definition) is 2. The van der Waals surface area contributed by atoms with E-state index in [1.165, 1.54) is 24.3 Å². The minimum Gasteiger partial charge on any atom is -0.350 e. The maximum atomic E-state index is 13.0. The highest BCUT2D eigenvalue weighted by atomic mass is 32.2. The molecular weight excluding hydrogens is 417 g/mol. The van der Waals surface area contributed by atoms with Gasteiger partial charge < -0.3 is 10.2 Å². The van der Waals surface area contributed by atoms with Gasteiger partial charge in [0.05, 0.1) is 10.9 Å². The second-order valence-electron chi connectivity index (χ2n) is 7.24. The molecule has 0 bridgehead atoms. The zero-order valence-corrected chi connectivity index (χ0v) is 18.1. The molecule has 0 heterocycles. The van der Waals surface area contributed by atoms with Crippen molar-refractivity contribution in [1.82, 2.24) is 10.2 Å². The number of carbonyl (C=O) groups excluding carboxylic acids is 1. The van der Waals surface area contributed by atoms with E-state index in [2.05, 4.69) is 10.0 Å². The summed E-state index contributed by atoms with van der Waals surface area (Å²) in [6.07, 6.45) is 0. The molecule has 1 amide bonds. The van der Waals surface area contributed by atoms with E-state index in [1.54, 1.807) is 12.1 Å². The lowest BCUT2D eigenvalue weighted by Crippen LogP contribution is -2.34. The van der Waals surface area contributed by atoms with Gasteiger partial charge in [-0.05, 0) is 68.2 Å². The minimum absolute atomic E-state index is 0.0203. The number of rotatable bonds is 8. The van der Waals surface area contributed by atoms with Crippen molar-refractivity contribution in [3.63, 3.8) is 0 Å².